The van der Waals surface area contributed by atoms with E-state index in [0.717, 1.165) is 22.8 Å². The van der Waals surface area contributed by atoms with Crippen LogP contribution >= 0.6 is 11.3 Å². The molecule has 0 bridgehead atoms. The third kappa shape index (κ3) is 6.65. The van der Waals surface area contributed by atoms with Crippen LogP contribution in [0.1, 0.15) is 19.3 Å². The summed E-state index contributed by atoms with van der Waals surface area (Å²) in [5.74, 6) is 1.07. The van der Waals surface area contributed by atoms with Gasteiger partial charge in [-0.2, -0.15) is 0 Å². The average Bonchev–Trinajstić information content (AvgIpc) is 3.26. The van der Waals surface area contributed by atoms with Crippen molar-refractivity contribution in [2.45, 2.75) is 0 Å². The van der Waals surface area contributed by atoms with Gasteiger partial charge in [0.05, 0.1) is 22.8 Å². The zero-order valence-electron chi connectivity index (χ0n) is 15.8. The summed E-state index contributed by atoms with van der Waals surface area (Å²) in [5.41, 5.74) is 0. The highest BCUT2D eigenvalue weighted by Gasteiger charge is 2.13. The summed E-state index contributed by atoms with van der Waals surface area (Å²) in [6.45, 7) is 1.50. The van der Waals surface area contributed by atoms with E-state index in [1.54, 1.807) is 12.1 Å². The first kappa shape index (κ1) is 20.4. The van der Waals surface area contributed by atoms with Crippen LogP contribution in [0.15, 0.2) is 72.8 Å². The van der Waals surface area contributed by atoms with Crippen molar-refractivity contribution in [2.75, 3.05) is 26.3 Å². The van der Waals surface area contributed by atoms with E-state index < -0.39 is 0 Å². The fourth-order valence-corrected chi connectivity index (χ4v) is 3.30. The van der Waals surface area contributed by atoms with Crippen LogP contribution in [0, 0.1) is 0 Å². The van der Waals surface area contributed by atoms with Gasteiger partial charge in [0, 0.05) is 0 Å². The van der Waals surface area contributed by atoms with Crippen LogP contribution in [0.2, 0.25) is 0 Å². The van der Waals surface area contributed by atoms with Crippen LogP contribution in [-0.2, 0) is 0 Å². The van der Waals surface area contributed by atoms with Crippen molar-refractivity contribution in [2.24, 2.45) is 0 Å². The summed E-state index contributed by atoms with van der Waals surface area (Å²) < 4.78 is 11.1. The molecule has 0 unspecified atom stereocenters. The molecule has 0 radical (unpaired) electrons. The molecular formula is C22H22N2O4S. The number of thiophene rings is 1. The Balaban J connectivity index is 1.36. The van der Waals surface area contributed by atoms with Gasteiger partial charge in [-0.15, -0.1) is 11.3 Å². The third-order valence-electron chi connectivity index (χ3n) is 3.85. The normalized spacial score (nSPS) is 10.2. The van der Waals surface area contributed by atoms with Crippen molar-refractivity contribution in [3.63, 3.8) is 0 Å². The number of carbonyl (C=O) groups is 2. The quantitative estimate of drug-likeness (QED) is 0.503. The largest absolute Gasteiger partial charge is 0.492 e. The third-order valence-corrected chi connectivity index (χ3v) is 4.94. The van der Waals surface area contributed by atoms with Gasteiger partial charge in [0.25, 0.3) is 11.8 Å². The number of rotatable bonds is 10. The van der Waals surface area contributed by atoms with Gasteiger partial charge in [0.2, 0.25) is 0 Å². The molecule has 2 N–H and O–H groups in total. The SMILES string of the molecule is O=C(NCCOc1ccccc1)c1ccc(C(=O)NCCOc2ccccc2)s1. The Morgan fingerprint density at radius 1 is 0.655 bits per heavy atom. The Morgan fingerprint density at radius 3 is 1.48 bits per heavy atom. The van der Waals surface area contributed by atoms with Crippen molar-refractivity contribution in [1.82, 2.24) is 10.6 Å². The first-order valence-electron chi connectivity index (χ1n) is 9.24. The summed E-state index contributed by atoms with van der Waals surface area (Å²) in [6, 6.07) is 22.1. The van der Waals surface area contributed by atoms with Crippen molar-refractivity contribution in [3.05, 3.63) is 82.6 Å². The highest BCUT2D eigenvalue weighted by molar-refractivity contribution is 7.15. The number of benzene rings is 2. The molecule has 3 rings (SSSR count). The van der Waals surface area contributed by atoms with Crippen LogP contribution in [0.5, 0.6) is 11.5 Å². The van der Waals surface area contributed by atoms with Gasteiger partial charge >= 0.3 is 0 Å². The standard InChI is InChI=1S/C22H22N2O4S/c25-21(23-13-15-27-17-7-3-1-4-8-17)19-11-12-20(29-19)22(26)24-14-16-28-18-9-5-2-6-10-18/h1-12H,13-16H2,(H,23,25)(H,24,26). The van der Waals surface area contributed by atoms with Crippen molar-refractivity contribution in [1.29, 1.82) is 0 Å². The number of ether oxygens (including phenoxy) is 2. The summed E-state index contributed by atoms with van der Waals surface area (Å²) in [4.78, 5) is 25.4. The molecule has 0 aliphatic rings. The van der Waals surface area contributed by atoms with E-state index in [2.05, 4.69) is 10.6 Å². The second kappa shape index (κ2) is 10.9. The smallest absolute Gasteiger partial charge is 0.261 e. The minimum absolute atomic E-state index is 0.224. The number of carbonyl (C=O) groups excluding carboxylic acids is 2. The summed E-state index contributed by atoms with van der Waals surface area (Å²) in [7, 11) is 0. The highest BCUT2D eigenvalue weighted by atomic mass is 32.1. The van der Waals surface area contributed by atoms with Crippen LogP contribution in [0.4, 0.5) is 0 Å². The first-order valence-corrected chi connectivity index (χ1v) is 10.1. The maximum atomic E-state index is 12.2. The van der Waals surface area contributed by atoms with E-state index >= 15 is 0 Å². The van der Waals surface area contributed by atoms with Gasteiger partial charge in [-0.1, -0.05) is 36.4 Å². The summed E-state index contributed by atoms with van der Waals surface area (Å²) in [5, 5.41) is 5.57. The molecule has 0 saturated heterocycles. The fraction of sp³-hybridized carbons (Fsp3) is 0.182. The van der Waals surface area contributed by atoms with Gasteiger partial charge in [0.15, 0.2) is 0 Å². The molecule has 2 aromatic carbocycles. The number of hydrogen-bond acceptors (Lipinski definition) is 5. The molecule has 3 aromatic rings. The maximum Gasteiger partial charge on any atom is 0.261 e. The van der Waals surface area contributed by atoms with E-state index in [9.17, 15) is 9.59 Å². The molecule has 29 heavy (non-hydrogen) atoms. The minimum atomic E-state index is -0.224. The zero-order valence-corrected chi connectivity index (χ0v) is 16.6. The summed E-state index contributed by atoms with van der Waals surface area (Å²) >= 11 is 1.15. The van der Waals surface area contributed by atoms with Gasteiger partial charge in [-0.05, 0) is 36.4 Å². The average molecular weight is 410 g/mol. The van der Waals surface area contributed by atoms with Gasteiger partial charge in [-0.3, -0.25) is 9.59 Å². The first-order chi connectivity index (χ1) is 14.2. The lowest BCUT2D eigenvalue weighted by atomic mass is 10.3. The predicted molar refractivity (Wildman–Crippen MR) is 113 cm³/mol. The lowest BCUT2D eigenvalue weighted by Gasteiger charge is -2.07. The molecule has 1 heterocycles. The lowest BCUT2D eigenvalue weighted by Crippen LogP contribution is -2.28. The minimum Gasteiger partial charge on any atom is -0.492 e. The molecule has 7 heteroatoms. The fourth-order valence-electron chi connectivity index (χ4n) is 2.46. The Morgan fingerprint density at radius 2 is 1.07 bits per heavy atom. The molecule has 0 spiro atoms. The topological polar surface area (TPSA) is 76.7 Å². The summed E-state index contributed by atoms with van der Waals surface area (Å²) in [6.07, 6.45) is 0. The molecule has 2 amide bonds. The van der Waals surface area contributed by atoms with Crippen LogP contribution < -0.4 is 20.1 Å². The Bertz CT molecular complexity index is 839. The molecule has 0 aliphatic heterocycles. The highest BCUT2D eigenvalue weighted by Crippen LogP contribution is 2.16. The van der Waals surface area contributed by atoms with Crippen molar-refractivity contribution in [3.8, 4) is 11.5 Å². The van der Waals surface area contributed by atoms with E-state index in [0.29, 0.717) is 36.1 Å². The van der Waals surface area contributed by atoms with Crippen LogP contribution in [0.3, 0.4) is 0 Å². The molecular weight excluding hydrogens is 388 g/mol. The van der Waals surface area contributed by atoms with Crippen molar-refractivity contribution >= 4 is 23.2 Å². The number of hydrogen-bond donors (Lipinski definition) is 2. The second-order valence-corrected chi connectivity index (χ2v) is 7.08. The maximum absolute atomic E-state index is 12.2. The van der Waals surface area contributed by atoms with E-state index in [1.807, 2.05) is 60.7 Å². The Kier molecular flexibility index (Phi) is 7.65. The molecule has 0 fully saturated rings. The number of para-hydroxylation sites is 2. The van der Waals surface area contributed by atoms with Gasteiger partial charge < -0.3 is 20.1 Å². The zero-order chi connectivity index (χ0) is 20.3. The van der Waals surface area contributed by atoms with Gasteiger partial charge in [-0.25, -0.2) is 0 Å². The van der Waals surface area contributed by atoms with E-state index in [4.69, 9.17) is 9.47 Å². The second-order valence-electron chi connectivity index (χ2n) is 6.00. The number of nitrogens with one attached hydrogen (secondary N) is 2. The molecule has 150 valence electrons. The van der Waals surface area contributed by atoms with Gasteiger partial charge in [0.1, 0.15) is 24.7 Å². The van der Waals surface area contributed by atoms with E-state index in [-0.39, 0.29) is 11.8 Å². The van der Waals surface area contributed by atoms with Crippen molar-refractivity contribution < 1.29 is 19.1 Å². The molecule has 6 nitrogen and oxygen atoms in total. The lowest BCUT2D eigenvalue weighted by molar-refractivity contribution is 0.0944. The van der Waals surface area contributed by atoms with E-state index in [1.165, 1.54) is 0 Å². The molecule has 0 saturated carbocycles. The molecule has 0 aliphatic carbocycles. The predicted octanol–water partition coefficient (Wildman–Crippen LogP) is 3.37. The Labute approximate surface area is 173 Å². The molecule has 1 aromatic heterocycles. The Hall–Kier alpha value is -3.32. The van der Waals surface area contributed by atoms with Crippen LogP contribution in [-0.4, -0.2) is 38.1 Å². The monoisotopic (exact) mass is 410 g/mol. The number of amides is 2. The van der Waals surface area contributed by atoms with Crippen LogP contribution in [0.25, 0.3) is 0 Å². The molecule has 0 atom stereocenters.